The molecule has 0 aliphatic carbocycles. The van der Waals surface area contributed by atoms with E-state index in [2.05, 4.69) is 63.7 Å². The predicted octanol–water partition coefficient (Wildman–Crippen LogP) is 5.28. The number of thioether (sulfide) groups is 1. The van der Waals surface area contributed by atoms with Crippen LogP contribution in [0.4, 0.5) is 5.69 Å². The lowest BCUT2D eigenvalue weighted by molar-refractivity contribution is 1.12. The van der Waals surface area contributed by atoms with Crippen molar-refractivity contribution < 1.29 is 0 Å². The third-order valence-corrected chi connectivity index (χ3v) is 4.99. The zero-order chi connectivity index (χ0) is 15.4. The van der Waals surface area contributed by atoms with Crippen molar-refractivity contribution in [2.24, 2.45) is 0 Å². The molecule has 110 valence electrons. The van der Waals surface area contributed by atoms with Gasteiger partial charge in [-0.15, -0.1) is 11.8 Å². The van der Waals surface area contributed by atoms with Crippen molar-refractivity contribution in [1.82, 2.24) is 0 Å². The Morgan fingerprint density at radius 2 is 1.86 bits per heavy atom. The van der Waals surface area contributed by atoms with E-state index in [1.165, 1.54) is 27.8 Å². The first-order chi connectivity index (χ1) is 9.99. The molecule has 0 aromatic heterocycles. The highest BCUT2D eigenvalue weighted by molar-refractivity contribution is 7.99. The van der Waals surface area contributed by atoms with E-state index in [1.54, 1.807) is 0 Å². The number of benzene rings is 2. The second-order valence-electron chi connectivity index (χ2n) is 5.64. The molecule has 0 fully saturated rings. The monoisotopic (exact) mass is 297 g/mol. The largest absolute Gasteiger partial charge is 0.398 e. The minimum atomic E-state index is 0.253. The minimum Gasteiger partial charge on any atom is -0.398 e. The number of nitrogen functional groups attached to an aromatic ring is 1. The summed E-state index contributed by atoms with van der Waals surface area (Å²) in [5.41, 5.74) is 13.4. The molecular weight excluding hydrogens is 274 g/mol. The van der Waals surface area contributed by atoms with Gasteiger partial charge in [-0.05, 0) is 43.5 Å². The Morgan fingerprint density at radius 1 is 1.14 bits per heavy atom. The van der Waals surface area contributed by atoms with Crippen molar-refractivity contribution in [2.75, 3.05) is 11.5 Å². The molecule has 0 aliphatic rings. The first-order valence-electron chi connectivity index (χ1n) is 7.16. The highest BCUT2D eigenvalue weighted by Gasteiger charge is 2.19. The Kier molecular flexibility index (Phi) is 5.13. The van der Waals surface area contributed by atoms with Gasteiger partial charge in [0.05, 0.1) is 5.25 Å². The van der Waals surface area contributed by atoms with E-state index in [-0.39, 0.29) is 5.25 Å². The molecule has 1 atom stereocenters. The Bertz CT molecular complexity index is 646. The first-order valence-corrected chi connectivity index (χ1v) is 8.21. The molecule has 0 aliphatic heterocycles. The van der Waals surface area contributed by atoms with Crippen LogP contribution >= 0.6 is 11.8 Å². The van der Waals surface area contributed by atoms with Gasteiger partial charge in [0.25, 0.3) is 0 Å². The molecule has 2 heteroatoms. The SMILES string of the molecule is C=C(C)CSC(c1ccccc1C)c1cc(C)ccc1N. The highest BCUT2D eigenvalue weighted by Crippen LogP contribution is 2.40. The zero-order valence-electron chi connectivity index (χ0n) is 13.0. The fourth-order valence-corrected chi connectivity index (χ4v) is 3.65. The van der Waals surface area contributed by atoms with Crippen LogP contribution in [-0.2, 0) is 0 Å². The van der Waals surface area contributed by atoms with Crippen molar-refractivity contribution in [2.45, 2.75) is 26.0 Å². The molecule has 2 aromatic carbocycles. The Hall–Kier alpha value is -1.67. The van der Waals surface area contributed by atoms with Crippen LogP contribution in [0.5, 0.6) is 0 Å². The smallest absolute Gasteiger partial charge is 0.0572 e. The van der Waals surface area contributed by atoms with Crippen LogP contribution in [0.1, 0.15) is 34.4 Å². The molecular formula is C19H23NS. The van der Waals surface area contributed by atoms with Crippen LogP contribution in [0, 0.1) is 13.8 Å². The van der Waals surface area contributed by atoms with Crippen molar-refractivity contribution >= 4 is 17.4 Å². The van der Waals surface area contributed by atoms with Gasteiger partial charge in [0.15, 0.2) is 0 Å². The molecule has 0 amide bonds. The molecule has 0 radical (unpaired) electrons. The summed E-state index contributed by atoms with van der Waals surface area (Å²) in [6, 6.07) is 14.8. The number of hydrogen-bond acceptors (Lipinski definition) is 2. The van der Waals surface area contributed by atoms with Gasteiger partial charge in [-0.2, -0.15) is 0 Å². The standard InChI is InChI=1S/C19H23NS/c1-13(2)12-21-19(16-8-6-5-7-15(16)4)17-11-14(3)9-10-18(17)20/h5-11,19H,1,12,20H2,2-4H3. The maximum Gasteiger partial charge on any atom is 0.0572 e. The van der Waals surface area contributed by atoms with Gasteiger partial charge in [-0.3, -0.25) is 0 Å². The van der Waals surface area contributed by atoms with Crippen LogP contribution in [0.15, 0.2) is 54.6 Å². The molecule has 0 heterocycles. The van der Waals surface area contributed by atoms with Gasteiger partial charge in [0.2, 0.25) is 0 Å². The number of aryl methyl sites for hydroxylation is 2. The normalized spacial score (nSPS) is 12.1. The van der Waals surface area contributed by atoms with Crippen molar-refractivity contribution in [3.63, 3.8) is 0 Å². The number of hydrogen-bond donors (Lipinski definition) is 1. The third-order valence-electron chi connectivity index (χ3n) is 3.49. The van der Waals surface area contributed by atoms with E-state index in [0.29, 0.717) is 0 Å². The van der Waals surface area contributed by atoms with Gasteiger partial charge in [0, 0.05) is 11.4 Å². The summed E-state index contributed by atoms with van der Waals surface area (Å²) < 4.78 is 0. The lowest BCUT2D eigenvalue weighted by atomic mass is 9.97. The van der Waals surface area contributed by atoms with Crippen LogP contribution in [0.2, 0.25) is 0 Å². The summed E-state index contributed by atoms with van der Waals surface area (Å²) in [6.07, 6.45) is 0. The molecule has 1 nitrogen and oxygen atoms in total. The molecule has 0 spiro atoms. The van der Waals surface area contributed by atoms with Gasteiger partial charge in [-0.1, -0.05) is 54.1 Å². The van der Waals surface area contributed by atoms with Gasteiger partial charge in [0.1, 0.15) is 0 Å². The van der Waals surface area contributed by atoms with Crippen molar-refractivity contribution in [3.05, 3.63) is 76.9 Å². The summed E-state index contributed by atoms with van der Waals surface area (Å²) >= 11 is 1.89. The quantitative estimate of drug-likeness (QED) is 0.600. The summed E-state index contributed by atoms with van der Waals surface area (Å²) in [7, 11) is 0. The maximum atomic E-state index is 6.25. The third kappa shape index (κ3) is 3.92. The summed E-state index contributed by atoms with van der Waals surface area (Å²) in [6.45, 7) is 10.4. The molecule has 2 aromatic rings. The molecule has 0 saturated heterocycles. The topological polar surface area (TPSA) is 26.0 Å². The average molecular weight is 297 g/mol. The molecule has 21 heavy (non-hydrogen) atoms. The predicted molar refractivity (Wildman–Crippen MR) is 95.9 cm³/mol. The van der Waals surface area contributed by atoms with Gasteiger partial charge in [-0.25, -0.2) is 0 Å². The number of nitrogens with two attached hydrogens (primary N) is 1. The van der Waals surface area contributed by atoms with Crippen LogP contribution in [0.25, 0.3) is 0 Å². The number of rotatable bonds is 5. The van der Waals surface area contributed by atoms with E-state index in [1.807, 2.05) is 17.8 Å². The fraction of sp³-hybridized carbons (Fsp3) is 0.263. The second-order valence-corrected chi connectivity index (χ2v) is 6.73. The molecule has 0 bridgehead atoms. The zero-order valence-corrected chi connectivity index (χ0v) is 13.8. The van der Waals surface area contributed by atoms with Crippen LogP contribution in [0.3, 0.4) is 0 Å². The summed E-state index contributed by atoms with van der Waals surface area (Å²) in [4.78, 5) is 0. The minimum absolute atomic E-state index is 0.253. The van der Waals surface area contributed by atoms with E-state index in [9.17, 15) is 0 Å². The van der Waals surface area contributed by atoms with Crippen LogP contribution in [-0.4, -0.2) is 5.75 Å². The molecule has 2 rings (SSSR count). The lowest BCUT2D eigenvalue weighted by Gasteiger charge is -2.22. The van der Waals surface area contributed by atoms with Crippen molar-refractivity contribution in [1.29, 1.82) is 0 Å². The van der Waals surface area contributed by atoms with Gasteiger partial charge < -0.3 is 5.73 Å². The number of anilines is 1. The summed E-state index contributed by atoms with van der Waals surface area (Å²) in [5, 5.41) is 0.253. The van der Waals surface area contributed by atoms with E-state index in [4.69, 9.17) is 5.73 Å². The van der Waals surface area contributed by atoms with E-state index in [0.717, 1.165) is 11.4 Å². The lowest BCUT2D eigenvalue weighted by Crippen LogP contribution is -2.05. The fourth-order valence-electron chi connectivity index (χ4n) is 2.37. The Balaban J connectivity index is 2.48. The van der Waals surface area contributed by atoms with Crippen molar-refractivity contribution in [3.8, 4) is 0 Å². The first kappa shape index (κ1) is 15.7. The molecule has 1 unspecified atom stereocenters. The summed E-state index contributed by atoms with van der Waals surface area (Å²) in [5.74, 6) is 0.937. The molecule has 2 N–H and O–H groups in total. The average Bonchev–Trinajstić information content (AvgIpc) is 2.44. The van der Waals surface area contributed by atoms with Gasteiger partial charge >= 0.3 is 0 Å². The Morgan fingerprint density at radius 3 is 2.52 bits per heavy atom. The second kappa shape index (κ2) is 6.86. The molecule has 0 saturated carbocycles. The van der Waals surface area contributed by atoms with Crippen LogP contribution < -0.4 is 5.73 Å². The van der Waals surface area contributed by atoms with E-state index >= 15 is 0 Å². The van der Waals surface area contributed by atoms with E-state index < -0.39 is 0 Å². The highest BCUT2D eigenvalue weighted by atomic mass is 32.2. The Labute approximate surface area is 132 Å². The maximum absolute atomic E-state index is 6.25.